The molecule has 0 saturated carbocycles. The highest BCUT2D eigenvalue weighted by Crippen LogP contribution is 2.38. The molecule has 90 valence electrons. The van der Waals surface area contributed by atoms with Gasteiger partial charge in [0.05, 0.1) is 12.9 Å². The van der Waals surface area contributed by atoms with Gasteiger partial charge in [-0.1, -0.05) is 49.0 Å². The lowest BCUT2D eigenvalue weighted by Gasteiger charge is -2.08. The Labute approximate surface area is 108 Å². The van der Waals surface area contributed by atoms with Crippen molar-refractivity contribution in [3.63, 3.8) is 0 Å². The summed E-state index contributed by atoms with van der Waals surface area (Å²) < 4.78 is 5.24. The average molecular weight is 236 g/mol. The van der Waals surface area contributed by atoms with Crippen molar-refractivity contribution in [2.75, 3.05) is 6.61 Å². The van der Waals surface area contributed by atoms with Crippen LogP contribution in [0, 0.1) is 0 Å². The number of ether oxygens (including phenoxy) is 1. The van der Waals surface area contributed by atoms with Gasteiger partial charge in [0.15, 0.2) is 0 Å². The van der Waals surface area contributed by atoms with E-state index in [9.17, 15) is 0 Å². The number of hydrogen-bond donors (Lipinski definition) is 0. The third kappa shape index (κ3) is 1.82. The third-order valence-corrected chi connectivity index (χ3v) is 3.55. The van der Waals surface area contributed by atoms with E-state index >= 15 is 0 Å². The summed E-state index contributed by atoms with van der Waals surface area (Å²) in [7, 11) is 0. The van der Waals surface area contributed by atoms with Crippen LogP contribution in [0.5, 0.6) is 0 Å². The van der Waals surface area contributed by atoms with Crippen LogP contribution in [0.15, 0.2) is 55.3 Å². The lowest BCUT2D eigenvalue weighted by atomic mass is 9.99. The molecule has 0 atom stereocenters. The molecule has 18 heavy (non-hydrogen) atoms. The van der Waals surface area contributed by atoms with Gasteiger partial charge in [0.2, 0.25) is 0 Å². The predicted octanol–water partition coefficient (Wildman–Crippen LogP) is 3.96. The predicted molar refractivity (Wildman–Crippen MR) is 74.5 cm³/mol. The summed E-state index contributed by atoms with van der Waals surface area (Å²) >= 11 is 0. The summed E-state index contributed by atoms with van der Waals surface area (Å²) in [4.78, 5) is 0. The van der Waals surface area contributed by atoms with Gasteiger partial charge in [0.25, 0.3) is 0 Å². The highest BCUT2D eigenvalue weighted by Gasteiger charge is 2.19. The molecule has 0 unspecified atom stereocenters. The fourth-order valence-electron chi connectivity index (χ4n) is 2.71. The molecule has 1 aliphatic carbocycles. The number of hydrogen-bond acceptors (Lipinski definition) is 1. The Hall–Kier alpha value is -2.02. The molecule has 0 N–H and O–H groups in total. The van der Waals surface area contributed by atoms with E-state index in [1.807, 2.05) is 0 Å². The molecule has 0 spiro atoms. The van der Waals surface area contributed by atoms with E-state index in [2.05, 4.69) is 49.0 Å². The van der Waals surface area contributed by atoms with Gasteiger partial charge in [-0.15, -0.1) is 0 Å². The van der Waals surface area contributed by atoms with Crippen LogP contribution in [0.2, 0.25) is 0 Å². The van der Waals surface area contributed by atoms with E-state index in [0.29, 0.717) is 6.61 Å². The van der Waals surface area contributed by atoms with Crippen molar-refractivity contribution in [3.05, 3.63) is 72.0 Å². The zero-order valence-corrected chi connectivity index (χ0v) is 10.4. The highest BCUT2D eigenvalue weighted by molar-refractivity contribution is 5.77. The summed E-state index contributed by atoms with van der Waals surface area (Å²) in [6, 6.07) is 15.2. The molecular weight excluding hydrogens is 220 g/mol. The topological polar surface area (TPSA) is 9.23 Å². The Kier molecular flexibility index (Phi) is 2.89. The van der Waals surface area contributed by atoms with Crippen LogP contribution >= 0.6 is 0 Å². The van der Waals surface area contributed by atoms with Crippen molar-refractivity contribution >= 4 is 0 Å². The van der Waals surface area contributed by atoms with E-state index in [4.69, 9.17) is 4.74 Å². The lowest BCUT2D eigenvalue weighted by Crippen LogP contribution is -1.98. The van der Waals surface area contributed by atoms with Crippen LogP contribution < -0.4 is 0 Å². The monoisotopic (exact) mass is 236 g/mol. The molecule has 0 aliphatic heterocycles. The highest BCUT2D eigenvalue weighted by atomic mass is 16.5. The zero-order chi connectivity index (χ0) is 12.4. The van der Waals surface area contributed by atoms with Crippen molar-refractivity contribution < 1.29 is 4.74 Å². The van der Waals surface area contributed by atoms with Crippen LogP contribution in [0.3, 0.4) is 0 Å². The number of rotatable bonds is 4. The molecule has 2 aromatic carbocycles. The minimum atomic E-state index is 0.705. The first-order valence-corrected chi connectivity index (χ1v) is 6.31. The van der Waals surface area contributed by atoms with Crippen molar-refractivity contribution in [1.82, 2.24) is 0 Å². The fourth-order valence-corrected chi connectivity index (χ4v) is 2.71. The second-order valence-electron chi connectivity index (χ2n) is 4.56. The van der Waals surface area contributed by atoms with Crippen LogP contribution in [0.1, 0.15) is 16.7 Å². The number of benzene rings is 2. The molecule has 0 radical (unpaired) electrons. The zero-order valence-electron chi connectivity index (χ0n) is 10.4. The van der Waals surface area contributed by atoms with E-state index < -0.39 is 0 Å². The first kappa shape index (κ1) is 11.1. The largest absolute Gasteiger partial charge is 0.501 e. The molecule has 1 heteroatoms. The molecule has 1 nitrogen and oxygen atoms in total. The number of fused-ring (bicyclic) bond motifs is 3. The average Bonchev–Trinajstić information content (AvgIpc) is 2.79. The van der Waals surface area contributed by atoms with E-state index in [-0.39, 0.29) is 0 Å². The molecule has 0 fully saturated rings. The summed E-state index contributed by atoms with van der Waals surface area (Å²) in [5, 5.41) is 0. The minimum Gasteiger partial charge on any atom is -0.501 e. The van der Waals surface area contributed by atoms with Crippen LogP contribution in [-0.4, -0.2) is 6.61 Å². The maximum absolute atomic E-state index is 5.24. The first-order chi connectivity index (χ1) is 8.90. The third-order valence-electron chi connectivity index (χ3n) is 3.55. The Bertz CT molecular complexity index is 584. The van der Waals surface area contributed by atoms with Crippen molar-refractivity contribution in [1.29, 1.82) is 0 Å². The normalized spacial score (nSPS) is 11.8. The van der Waals surface area contributed by atoms with E-state index in [0.717, 1.165) is 12.8 Å². The minimum absolute atomic E-state index is 0.705. The molecular formula is C17H16O. The second-order valence-corrected chi connectivity index (χ2v) is 4.56. The second kappa shape index (κ2) is 4.69. The molecule has 2 aromatic rings. The summed E-state index contributed by atoms with van der Waals surface area (Å²) in [6.45, 7) is 4.28. The first-order valence-electron chi connectivity index (χ1n) is 6.31. The lowest BCUT2D eigenvalue weighted by molar-refractivity contribution is 0.255. The SMILES string of the molecule is C=COCCc1cccc2c1Cc1ccccc1-2. The van der Waals surface area contributed by atoms with Crippen LogP contribution in [-0.2, 0) is 17.6 Å². The molecule has 0 aromatic heterocycles. The van der Waals surface area contributed by atoms with Crippen molar-refractivity contribution in [2.45, 2.75) is 12.8 Å². The van der Waals surface area contributed by atoms with Crippen LogP contribution in [0.4, 0.5) is 0 Å². The van der Waals surface area contributed by atoms with Gasteiger partial charge in [-0.2, -0.15) is 0 Å². The molecule has 0 amide bonds. The quantitative estimate of drug-likeness (QED) is 0.492. The van der Waals surface area contributed by atoms with Gasteiger partial charge in [-0.05, 0) is 34.2 Å². The van der Waals surface area contributed by atoms with Crippen molar-refractivity contribution in [2.24, 2.45) is 0 Å². The molecule has 3 rings (SSSR count). The van der Waals surface area contributed by atoms with Gasteiger partial charge >= 0.3 is 0 Å². The van der Waals surface area contributed by atoms with E-state index in [1.165, 1.54) is 34.1 Å². The molecule has 1 aliphatic rings. The van der Waals surface area contributed by atoms with E-state index in [1.54, 1.807) is 0 Å². The summed E-state index contributed by atoms with van der Waals surface area (Å²) in [5.41, 5.74) is 7.07. The van der Waals surface area contributed by atoms with Crippen molar-refractivity contribution in [3.8, 4) is 11.1 Å². The molecule has 0 bridgehead atoms. The summed E-state index contributed by atoms with van der Waals surface area (Å²) in [6.07, 6.45) is 3.51. The maximum Gasteiger partial charge on any atom is 0.0913 e. The Balaban J connectivity index is 1.95. The standard InChI is InChI=1S/C17H16O/c1-2-18-11-10-13-7-5-9-16-15-8-4-3-6-14(15)12-17(13)16/h2-9H,1,10-12H2. The smallest absolute Gasteiger partial charge is 0.0913 e. The fraction of sp³-hybridized carbons (Fsp3) is 0.176. The van der Waals surface area contributed by atoms with Gasteiger partial charge in [-0.25, -0.2) is 0 Å². The molecule has 0 saturated heterocycles. The Morgan fingerprint density at radius 1 is 1.06 bits per heavy atom. The summed E-state index contributed by atoms with van der Waals surface area (Å²) in [5.74, 6) is 0. The van der Waals surface area contributed by atoms with Gasteiger partial charge in [0, 0.05) is 6.42 Å². The Morgan fingerprint density at radius 2 is 1.89 bits per heavy atom. The Morgan fingerprint density at radius 3 is 2.78 bits per heavy atom. The van der Waals surface area contributed by atoms with Gasteiger partial charge < -0.3 is 4.74 Å². The van der Waals surface area contributed by atoms with Gasteiger partial charge in [-0.3, -0.25) is 0 Å². The molecule has 0 heterocycles. The van der Waals surface area contributed by atoms with Gasteiger partial charge in [0.1, 0.15) is 0 Å². The maximum atomic E-state index is 5.24. The van der Waals surface area contributed by atoms with Crippen LogP contribution in [0.25, 0.3) is 11.1 Å².